The molecule has 2 aromatic heterocycles. The number of unbranched alkanes of at least 4 members (excludes halogenated alkanes) is 1. The molecule has 0 radical (unpaired) electrons. The number of aromatic amines is 1. The molecule has 0 aliphatic heterocycles. The summed E-state index contributed by atoms with van der Waals surface area (Å²) in [6.45, 7) is 5.87. The number of carbonyl (C=O) groups is 8. The van der Waals surface area contributed by atoms with E-state index in [-0.39, 0.29) is 56.6 Å². The van der Waals surface area contributed by atoms with Gasteiger partial charge < -0.3 is 59.4 Å². The minimum absolute atomic E-state index is 0.0691. The third-order valence-corrected chi connectivity index (χ3v) is 14.8. The number of fused-ring (bicyclic) bond motifs is 2. The first-order valence-electron chi connectivity index (χ1n) is 27.4. The first-order chi connectivity index (χ1) is 39.6. The highest BCUT2D eigenvalue weighted by Gasteiger charge is 2.36. The Labute approximate surface area is 498 Å². The number of carbonyl (C=O) groups excluding carboxylic acids is 8. The quantitative estimate of drug-likeness (QED) is 0.0229. The van der Waals surface area contributed by atoms with E-state index in [9.17, 15) is 38.4 Å². The fourth-order valence-electron chi connectivity index (χ4n) is 9.37. The van der Waals surface area contributed by atoms with E-state index in [1.54, 1.807) is 48.8 Å². The maximum absolute atomic E-state index is 14.9. The molecular formula is C60H75ClN12O8S2. The van der Waals surface area contributed by atoms with Crippen LogP contribution in [0.2, 0.25) is 5.02 Å². The van der Waals surface area contributed by atoms with E-state index in [0.29, 0.717) is 29.0 Å². The van der Waals surface area contributed by atoms with Crippen molar-refractivity contribution in [1.82, 2.24) is 47.2 Å². The number of aromatic nitrogens is 2. The molecule has 8 atom stereocenters. The van der Waals surface area contributed by atoms with Gasteiger partial charge in [0.1, 0.15) is 42.3 Å². The number of H-pyrrole nitrogens is 1. The van der Waals surface area contributed by atoms with Crippen LogP contribution in [0.25, 0.3) is 21.7 Å². The number of para-hydroxylation sites is 1. The molecule has 0 saturated carbocycles. The van der Waals surface area contributed by atoms with Crippen LogP contribution in [0.1, 0.15) is 68.7 Å². The number of benzene rings is 4. The number of amides is 8. The molecule has 0 bridgehead atoms. The first-order valence-corrected chi connectivity index (χ1v) is 29.0. The topological polar surface area (TPSA) is 328 Å². The second-order valence-electron chi connectivity index (χ2n) is 21.7. The highest BCUT2D eigenvalue weighted by molar-refractivity contribution is 7.80. The van der Waals surface area contributed by atoms with Crippen LogP contribution in [0.3, 0.4) is 0 Å². The molecule has 2 heterocycles. The van der Waals surface area contributed by atoms with Crippen molar-refractivity contribution in [3.63, 3.8) is 0 Å². The fraction of sp³-hybridized carbons (Fsp3) is 0.383. The third-order valence-electron chi connectivity index (χ3n) is 13.8. The van der Waals surface area contributed by atoms with E-state index >= 15 is 0 Å². The van der Waals surface area contributed by atoms with Crippen LogP contribution in [-0.2, 0) is 64.0 Å². The lowest BCUT2D eigenvalue weighted by atomic mass is 9.87. The summed E-state index contributed by atoms with van der Waals surface area (Å²) in [6.07, 6.45) is 5.82. The van der Waals surface area contributed by atoms with Crippen LogP contribution >= 0.6 is 36.9 Å². The maximum Gasteiger partial charge on any atom is 0.244 e. The van der Waals surface area contributed by atoms with Gasteiger partial charge in [-0.05, 0) is 101 Å². The Kier molecular flexibility index (Phi) is 24.3. The van der Waals surface area contributed by atoms with Crippen molar-refractivity contribution in [1.29, 1.82) is 0 Å². The Morgan fingerprint density at radius 1 is 0.566 bits per heavy atom. The van der Waals surface area contributed by atoms with Gasteiger partial charge in [-0.1, -0.05) is 111 Å². The summed E-state index contributed by atoms with van der Waals surface area (Å²) in [5, 5.41) is 22.5. The molecule has 83 heavy (non-hydrogen) atoms. The zero-order chi connectivity index (χ0) is 60.2. The molecule has 4 aromatic carbocycles. The van der Waals surface area contributed by atoms with Gasteiger partial charge in [0, 0.05) is 65.3 Å². The van der Waals surface area contributed by atoms with Crippen LogP contribution in [0.5, 0.6) is 0 Å². The lowest BCUT2D eigenvalue weighted by Gasteiger charge is -2.30. The largest absolute Gasteiger partial charge is 0.368 e. The van der Waals surface area contributed by atoms with Crippen LogP contribution in [-0.4, -0.2) is 124 Å². The van der Waals surface area contributed by atoms with Crippen molar-refractivity contribution < 1.29 is 38.4 Å². The molecule has 14 N–H and O–H groups in total. The predicted molar refractivity (Wildman–Crippen MR) is 328 cm³/mol. The monoisotopic (exact) mass is 1190 g/mol. The van der Waals surface area contributed by atoms with Gasteiger partial charge in [0.25, 0.3) is 0 Å². The molecule has 0 saturated heterocycles. The molecule has 0 unspecified atom stereocenters. The zero-order valence-corrected chi connectivity index (χ0v) is 49.2. The van der Waals surface area contributed by atoms with Gasteiger partial charge in [0.2, 0.25) is 47.3 Å². The lowest BCUT2D eigenvalue weighted by molar-refractivity contribution is -0.135. The molecule has 23 heteroatoms. The van der Waals surface area contributed by atoms with Gasteiger partial charge >= 0.3 is 0 Å². The summed E-state index contributed by atoms with van der Waals surface area (Å²) < 4.78 is 0. The molecule has 6 rings (SSSR count). The normalized spacial score (nSPS) is 14.4. The smallest absolute Gasteiger partial charge is 0.244 e. The van der Waals surface area contributed by atoms with E-state index in [0.717, 1.165) is 32.8 Å². The number of nitrogens with zero attached hydrogens (tertiary/aromatic N) is 1. The van der Waals surface area contributed by atoms with E-state index in [2.05, 4.69) is 72.4 Å². The Morgan fingerprint density at radius 3 is 1.72 bits per heavy atom. The number of hydrogen-bond donors (Lipinski definition) is 13. The summed E-state index contributed by atoms with van der Waals surface area (Å²) in [7, 11) is 0. The Hall–Kier alpha value is -7.50. The van der Waals surface area contributed by atoms with E-state index in [4.69, 9.17) is 28.8 Å². The van der Waals surface area contributed by atoms with Gasteiger partial charge in [0.15, 0.2) is 0 Å². The summed E-state index contributed by atoms with van der Waals surface area (Å²) in [4.78, 5) is 120. The van der Waals surface area contributed by atoms with Crippen molar-refractivity contribution in [2.24, 2.45) is 22.6 Å². The number of rotatable bonds is 30. The number of pyridine rings is 1. The molecule has 0 fully saturated rings. The Balaban J connectivity index is 1.22. The molecule has 8 amide bonds. The van der Waals surface area contributed by atoms with Gasteiger partial charge in [0.05, 0.1) is 6.04 Å². The highest BCUT2D eigenvalue weighted by atomic mass is 35.5. The SMILES string of the molecule is CC(C)(C)C[C@H](NC(=O)[C@H](CCCCN)NC(=O)[C@@H](Cc1c[nH]c2ccccc12)NC(=O)[C@H](Cc1cccnc1)NC(=O)[C@@H](CS)NC(=O)[C@@H](N)Cc1ccc(Cl)cc1)C(=O)N[C@@H](CS)C(=O)N[C@@H](Cc1ccc2ccccc2c1)C(N)=O. The van der Waals surface area contributed by atoms with Gasteiger partial charge in [-0.2, -0.15) is 25.3 Å². The number of halogens is 1. The molecule has 0 spiro atoms. The number of nitrogens with two attached hydrogens (primary N) is 3. The minimum Gasteiger partial charge on any atom is -0.368 e. The zero-order valence-electron chi connectivity index (χ0n) is 46.7. The summed E-state index contributed by atoms with van der Waals surface area (Å²) in [5.41, 5.74) is 20.8. The molecule has 20 nitrogen and oxygen atoms in total. The summed E-state index contributed by atoms with van der Waals surface area (Å²) in [5.74, 6) is -6.28. The van der Waals surface area contributed by atoms with Crippen LogP contribution in [0.4, 0.5) is 0 Å². The number of thiol groups is 2. The van der Waals surface area contributed by atoms with E-state index in [1.807, 2.05) is 87.5 Å². The second-order valence-corrected chi connectivity index (χ2v) is 22.9. The average Bonchev–Trinajstić information content (AvgIpc) is 3.96. The molecule has 6 aromatic rings. The molecule has 0 aliphatic carbocycles. The van der Waals surface area contributed by atoms with Crippen LogP contribution in [0.15, 0.2) is 122 Å². The lowest BCUT2D eigenvalue weighted by Crippen LogP contribution is -2.61. The van der Waals surface area contributed by atoms with Gasteiger partial charge in [-0.15, -0.1) is 0 Å². The van der Waals surface area contributed by atoms with Crippen LogP contribution in [0, 0.1) is 5.41 Å². The number of primary amides is 1. The predicted octanol–water partition coefficient (Wildman–Crippen LogP) is 3.27. The second kappa shape index (κ2) is 31.2. The van der Waals surface area contributed by atoms with E-state index in [1.165, 1.54) is 6.20 Å². The number of nitrogens with one attached hydrogen (secondary N) is 8. The Morgan fingerprint density at radius 2 is 1.10 bits per heavy atom. The molecule has 442 valence electrons. The van der Waals surface area contributed by atoms with Crippen molar-refractivity contribution in [2.45, 2.75) is 120 Å². The third kappa shape index (κ3) is 19.8. The van der Waals surface area contributed by atoms with Crippen molar-refractivity contribution in [2.75, 3.05) is 18.1 Å². The molecular weight excluding hydrogens is 1120 g/mol. The average molecular weight is 1190 g/mol. The standard InChI is InChI=1S/C60H75ClN12O8S2/c1-60(2,3)30-49(57(79)73-51(34-83)58(80)68-46(52(64)74)27-36-17-20-38-12-4-5-13-39(38)25-36)71-54(76)45(16-8-9-23-62)67-56(78)48(29-40-32-66-44-15-7-6-14-42(40)44)70-55(77)47(28-37-11-10-24-65-31-37)69-59(81)50(33-82)72-53(75)43(63)26-35-18-21-41(61)22-19-35/h4-7,10-15,17-22,24-25,31-32,43,45-51,66,82-83H,8-9,16,23,26-30,33-34,62-63H2,1-3H3,(H2,64,74)(H,67,78)(H,68,80)(H,69,81)(H,70,77)(H,71,76)(H,72,75)(H,73,79)/t43-,45-,46-,47-,48+,49-,50+,51-/m0/s1. The fourth-order valence-corrected chi connectivity index (χ4v) is 10.0. The first kappa shape index (κ1) is 64.7. The number of hydrogen-bond acceptors (Lipinski definition) is 13. The Bertz CT molecular complexity index is 3200. The van der Waals surface area contributed by atoms with Crippen LogP contribution < -0.4 is 54.4 Å². The van der Waals surface area contributed by atoms with Crippen molar-refractivity contribution in [3.8, 4) is 0 Å². The maximum atomic E-state index is 14.9. The van der Waals surface area contributed by atoms with Crippen molar-refractivity contribution >= 4 is 106 Å². The summed E-state index contributed by atoms with van der Waals surface area (Å²) in [6, 6.07) is 20.9. The molecule has 0 aliphatic rings. The van der Waals surface area contributed by atoms with Gasteiger partial charge in [-0.3, -0.25) is 43.3 Å². The highest BCUT2D eigenvalue weighted by Crippen LogP contribution is 2.23. The van der Waals surface area contributed by atoms with E-state index < -0.39 is 101 Å². The minimum atomic E-state index is -1.38. The summed E-state index contributed by atoms with van der Waals surface area (Å²) >= 11 is 14.7. The van der Waals surface area contributed by atoms with Crippen molar-refractivity contribution in [3.05, 3.63) is 149 Å². The van der Waals surface area contributed by atoms with Gasteiger partial charge in [-0.25, -0.2) is 0 Å².